The van der Waals surface area contributed by atoms with Gasteiger partial charge in [-0.2, -0.15) is 5.10 Å². The van der Waals surface area contributed by atoms with Crippen molar-refractivity contribution in [3.05, 3.63) is 12.3 Å². The molecule has 2 aliphatic rings. The van der Waals surface area contributed by atoms with Gasteiger partial charge in [-0.3, -0.25) is 14.5 Å². The van der Waals surface area contributed by atoms with Crippen molar-refractivity contribution in [1.29, 1.82) is 0 Å². The number of carbonyl (C=O) groups is 2. The van der Waals surface area contributed by atoms with Crippen LogP contribution in [0.25, 0.3) is 0 Å². The summed E-state index contributed by atoms with van der Waals surface area (Å²) in [4.78, 5) is 25.3. The number of hydrogen-bond acceptors (Lipinski definition) is 5. The molecule has 8 nitrogen and oxygen atoms in total. The van der Waals surface area contributed by atoms with Crippen molar-refractivity contribution in [1.82, 2.24) is 14.7 Å². The monoisotopic (exact) mass is 321 g/mol. The molecular weight excluding hydrogens is 298 g/mol. The van der Waals surface area contributed by atoms with E-state index in [4.69, 9.17) is 10.5 Å². The zero-order valence-corrected chi connectivity index (χ0v) is 13.1. The molecular formula is C15H23N5O3. The fourth-order valence-electron chi connectivity index (χ4n) is 3.22. The molecule has 0 aromatic carbocycles. The van der Waals surface area contributed by atoms with E-state index in [-0.39, 0.29) is 23.8 Å². The smallest absolute Gasteiger partial charge is 0.231 e. The average Bonchev–Trinajstić information content (AvgIpc) is 3.18. The number of aromatic nitrogens is 2. The van der Waals surface area contributed by atoms with Crippen LogP contribution < -0.4 is 11.1 Å². The van der Waals surface area contributed by atoms with Crippen molar-refractivity contribution < 1.29 is 14.3 Å². The Morgan fingerprint density at radius 1 is 1.35 bits per heavy atom. The molecule has 0 bridgehead atoms. The zero-order valence-electron chi connectivity index (χ0n) is 13.1. The van der Waals surface area contributed by atoms with Crippen LogP contribution in [0.2, 0.25) is 0 Å². The Hall–Kier alpha value is -1.93. The van der Waals surface area contributed by atoms with Gasteiger partial charge >= 0.3 is 0 Å². The van der Waals surface area contributed by atoms with Crippen LogP contribution in [0.5, 0.6) is 0 Å². The highest BCUT2D eigenvalue weighted by molar-refractivity contribution is 5.92. The summed E-state index contributed by atoms with van der Waals surface area (Å²) in [5.41, 5.74) is 5.24. The van der Waals surface area contributed by atoms with Gasteiger partial charge in [-0.25, -0.2) is 4.68 Å². The van der Waals surface area contributed by atoms with Crippen LogP contribution in [-0.4, -0.2) is 59.3 Å². The van der Waals surface area contributed by atoms with Crippen LogP contribution in [0.3, 0.4) is 0 Å². The number of nitrogens with zero attached hydrogens (tertiary/aromatic N) is 3. The van der Waals surface area contributed by atoms with Gasteiger partial charge in [0, 0.05) is 25.8 Å². The first kappa shape index (κ1) is 15.9. The fourth-order valence-corrected chi connectivity index (χ4v) is 3.22. The number of nitrogens with one attached hydrogen (secondary N) is 1. The summed E-state index contributed by atoms with van der Waals surface area (Å²) < 4.78 is 7.15. The van der Waals surface area contributed by atoms with Crippen LogP contribution in [-0.2, 0) is 14.3 Å². The van der Waals surface area contributed by atoms with Crippen molar-refractivity contribution >= 4 is 17.6 Å². The summed E-state index contributed by atoms with van der Waals surface area (Å²) in [6, 6.07) is 2.05. The van der Waals surface area contributed by atoms with E-state index in [1.165, 1.54) is 0 Å². The Morgan fingerprint density at radius 3 is 2.78 bits per heavy atom. The highest BCUT2D eigenvalue weighted by Crippen LogP contribution is 2.26. The van der Waals surface area contributed by atoms with Crippen LogP contribution in [0.4, 0.5) is 5.82 Å². The van der Waals surface area contributed by atoms with Gasteiger partial charge in [-0.05, 0) is 19.3 Å². The molecule has 2 amide bonds. The highest BCUT2D eigenvalue weighted by Gasteiger charge is 2.27. The van der Waals surface area contributed by atoms with Gasteiger partial charge in [-0.15, -0.1) is 0 Å². The molecule has 1 aromatic heterocycles. The second kappa shape index (κ2) is 7.10. The number of primary amides is 1. The predicted molar refractivity (Wildman–Crippen MR) is 83.7 cm³/mol. The molecule has 3 N–H and O–H groups in total. The van der Waals surface area contributed by atoms with E-state index in [0.29, 0.717) is 19.8 Å². The number of anilines is 1. The lowest BCUT2D eigenvalue weighted by atomic mass is 10.1. The number of nitrogens with two attached hydrogens (primary N) is 1. The molecule has 1 atom stereocenters. The number of hydrogen-bond donors (Lipinski definition) is 2. The quantitative estimate of drug-likeness (QED) is 0.793. The second-order valence-electron chi connectivity index (χ2n) is 6.18. The van der Waals surface area contributed by atoms with Crippen molar-refractivity contribution in [3.63, 3.8) is 0 Å². The molecule has 0 aliphatic carbocycles. The third kappa shape index (κ3) is 3.89. The molecule has 1 unspecified atom stereocenters. The van der Waals surface area contributed by atoms with E-state index < -0.39 is 0 Å². The molecule has 1 aromatic rings. The maximum atomic E-state index is 12.2. The van der Waals surface area contributed by atoms with Crippen molar-refractivity contribution in [2.75, 3.05) is 38.2 Å². The normalized spacial score (nSPS) is 23.0. The van der Waals surface area contributed by atoms with E-state index in [9.17, 15) is 9.59 Å². The molecule has 8 heteroatoms. The summed E-state index contributed by atoms with van der Waals surface area (Å²) in [7, 11) is 0. The Kier molecular flexibility index (Phi) is 4.92. The lowest BCUT2D eigenvalue weighted by Gasteiger charge is -2.31. The molecule has 3 rings (SSSR count). The largest absolute Gasteiger partial charge is 0.381 e. The van der Waals surface area contributed by atoms with Crippen LogP contribution in [0, 0.1) is 5.92 Å². The minimum absolute atomic E-state index is 0.00425. The number of ether oxygens (including phenoxy) is 1. The van der Waals surface area contributed by atoms with Crippen LogP contribution in [0.15, 0.2) is 12.3 Å². The Balaban J connectivity index is 1.58. The predicted octanol–water partition coefficient (Wildman–Crippen LogP) is -0.0197. The second-order valence-corrected chi connectivity index (χ2v) is 6.18. The van der Waals surface area contributed by atoms with E-state index >= 15 is 0 Å². The summed E-state index contributed by atoms with van der Waals surface area (Å²) >= 11 is 0. The fraction of sp³-hybridized carbons (Fsp3) is 0.667. The molecule has 2 aliphatic heterocycles. The number of carbonyl (C=O) groups excluding carboxylic acids is 2. The minimum atomic E-state index is -0.297. The molecule has 2 fully saturated rings. The van der Waals surface area contributed by atoms with Crippen molar-refractivity contribution in [2.24, 2.45) is 11.7 Å². The third-order valence-corrected chi connectivity index (χ3v) is 4.50. The molecule has 23 heavy (non-hydrogen) atoms. The average molecular weight is 321 g/mol. The van der Waals surface area contributed by atoms with Gasteiger partial charge in [-0.1, -0.05) is 0 Å². The number of likely N-dealkylation sites (tertiary alicyclic amines) is 1. The van der Waals surface area contributed by atoms with Gasteiger partial charge in [0.1, 0.15) is 5.82 Å². The Morgan fingerprint density at radius 2 is 2.13 bits per heavy atom. The maximum absolute atomic E-state index is 12.2. The van der Waals surface area contributed by atoms with E-state index in [1.807, 2.05) is 10.7 Å². The summed E-state index contributed by atoms with van der Waals surface area (Å²) in [6.07, 6.45) is 4.23. The highest BCUT2D eigenvalue weighted by atomic mass is 16.5. The molecule has 126 valence electrons. The van der Waals surface area contributed by atoms with Gasteiger partial charge < -0.3 is 15.8 Å². The number of rotatable bonds is 5. The molecule has 0 spiro atoms. The Labute approximate surface area is 134 Å². The molecule has 0 saturated carbocycles. The lowest BCUT2D eigenvalue weighted by Crippen LogP contribution is -2.40. The SMILES string of the molecule is NC(=O)CN1CCC(n2nccc2NC(=O)C2CCOC2)CC1. The first-order valence-electron chi connectivity index (χ1n) is 8.06. The first-order valence-corrected chi connectivity index (χ1v) is 8.06. The van der Waals surface area contributed by atoms with E-state index in [1.54, 1.807) is 6.20 Å². The molecule has 0 radical (unpaired) electrons. The maximum Gasteiger partial charge on any atom is 0.231 e. The van der Waals surface area contributed by atoms with Gasteiger partial charge in [0.05, 0.1) is 31.3 Å². The standard InChI is InChI=1S/C15H23N5O3/c16-13(21)9-19-6-2-12(3-7-19)20-14(1-5-17-20)18-15(22)11-4-8-23-10-11/h1,5,11-12H,2-4,6-10H2,(H2,16,21)(H,18,22). The molecule has 3 heterocycles. The summed E-state index contributed by atoms with van der Waals surface area (Å²) in [5.74, 6) is 0.357. The summed E-state index contributed by atoms with van der Waals surface area (Å²) in [5, 5.41) is 7.33. The van der Waals surface area contributed by atoms with E-state index in [0.717, 1.165) is 38.2 Å². The third-order valence-electron chi connectivity index (χ3n) is 4.50. The lowest BCUT2D eigenvalue weighted by molar-refractivity contribution is -0.120. The van der Waals surface area contributed by atoms with Gasteiger partial charge in [0.15, 0.2) is 0 Å². The van der Waals surface area contributed by atoms with Crippen LogP contribution >= 0.6 is 0 Å². The van der Waals surface area contributed by atoms with Crippen LogP contribution in [0.1, 0.15) is 25.3 Å². The number of piperidine rings is 1. The Bertz CT molecular complexity index is 559. The van der Waals surface area contributed by atoms with Gasteiger partial charge in [0.2, 0.25) is 11.8 Å². The van der Waals surface area contributed by atoms with Crippen molar-refractivity contribution in [3.8, 4) is 0 Å². The molecule has 2 saturated heterocycles. The zero-order chi connectivity index (χ0) is 16.2. The van der Waals surface area contributed by atoms with E-state index in [2.05, 4.69) is 15.3 Å². The summed E-state index contributed by atoms with van der Waals surface area (Å²) in [6.45, 7) is 3.05. The van der Waals surface area contributed by atoms with Gasteiger partial charge in [0.25, 0.3) is 0 Å². The van der Waals surface area contributed by atoms with Crippen molar-refractivity contribution in [2.45, 2.75) is 25.3 Å². The minimum Gasteiger partial charge on any atom is -0.381 e. The first-order chi connectivity index (χ1) is 11.1. The topological polar surface area (TPSA) is 102 Å². The number of amides is 2.